The van der Waals surface area contributed by atoms with Crippen LogP contribution in [0.25, 0.3) is 0 Å². The van der Waals surface area contributed by atoms with Gasteiger partial charge in [0.25, 0.3) is 5.91 Å². The van der Waals surface area contributed by atoms with E-state index in [4.69, 9.17) is 39.5 Å². The van der Waals surface area contributed by atoms with Gasteiger partial charge in [0.15, 0.2) is 6.61 Å². The number of hydrogen-bond donors (Lipinski definition) is 1. The molecule has 0 saturated heterocycles. The molecule has 1 atom stereocenters. The predicted molar refractivity (Wildman–Crippen MR) is 81.4 cm³/mol. The monoisotopic (exact) mass is 349 g/mol. The Morgan fingerprint density at radius 3 is 2.38 bits per heavy atom. The molecule has 0 spiro atoms. The van der Waals surface area contributed by atoms with E-state index in [1.165, 1.54) is 0 Å². The average Bonchev–Trinajstić information content (AvgIpc) is 2.95. The van der Waals surface area contributed by atoms with Crippen molar-refractivity contribution in [1.29, 1.82) is 0 Å². The van der Waals surface area contributed by atoms with E-state index >= 15 is 0 Å². The fraction of sp³-hybridized carbons (Fsp3) is 0.429. The highest BCUT2D eigenvalue weighted by atomic mass is 35.5. The number of ether oxygens (including phenoxy) is 1. The Labute approximate surface area is 137 Å². The van der Waals surface area contributed by atoms with E-state index in [2.05, 4.69) is 5.32 Å². The molecule has 0 heterocycles. The van der Waals surface area contributed by atoms with Crippen molar-refractivity contribution in [1.82, 2.24) is 5.32 Å². The van der Waals surface area contributed by atoms with E-state index in [9.17, 15) is 9.59 Å². The van der Waals surface area contributed by atoms with Crippen LogP contribution in [-0.4, -0.2) is 22.8 Å². The molecule has 2 rings (SSSR count). The second kappa shape index (κ2) is 6.03. The molecule has 1 amide bonds. The maximum absolute atomic E-state index is 11.8. The van der Waals surface area contributed by atoms with E-state index < -0.39 is 21.6 Å². The van der Waals surface area contributed by atoms with Gasteiger partial charge in [0, 0.05) is 18.0 Å². The molecule has 1 fully saturated rings. The highest BCUT2D eigenvalue weighted by Gasteiger charge is 2.69. The number of hydrogen-bond acceptors (Lipinski definition) is 3. The lowest BCUT2D eigenvalue weighted by molar-refractivity contribution is -0.153. The summed E-state index contributed by atoms with van der Waals surface area (Å²) in [6.07, 6.45) is 0.328. The normalized spacial score (nSPS) is 22.5. The van der Waals surface area contributed by atoms with Gasteiger partial charge in [-0.1, -0.05) is 23.7 Å². The van der Waals surface area contributed by atoms with E-state index in [1.807, 2.05) is 0 Å². The lowest BCUT2D eigenvalue weighted by Gasteiger charge is -2.11. The topological polar surface area (TPSA) is 55.4 Å². The maximum Gasteiger partial charge on any atom is 0.315 e. The third-order valence-corrected chi connectivity index (χ3v) is 4.80. The summed E-state index contributed by atoms with van der Waals surface area (Å²) in [4.78, 5) is 23.4. The van der Waals surface area contributed by atoms with Crippen LogP contribution < -0.4 is 5.32 Å². The van der Waals surface area contributed by atoms with Crippen LogP contribution in [0.2, 0.25) is 5.02 Å². The number of amides is 1. The second-order valence-electron chi connectivity index (χ2n) is 5.19. The number of benzene rings is 1. The third-order valence-electron chi connectivity index (χ3n) is 3.45. The number of alkyl halides is 2. The van der Waals surface area contributed by atoms with Crippen LogP contribution in [-0.2, 0) is 20.9 Å². The van der Waals surface area contributed by atoms with Crippen molar-refractivity contribution >= 4 is 46.7 Å². The molecule has 114 valence electrons. The van der Waals surface area contributed by atoms with Gasteiger partial charge >= 0.3 is 5.97 Å². The van der Waals surface area contributed by atoms with E-state index in [0.29, 0.717) is 18.0 Å². The van der Waals surface area contributed by atoms with Gasteiger partial charge in [0.1, 0.15) is 9.75 Å². The minimum absolute atomic E-state index is 0.328. The van der Waals surface area contributed by atoms with Gasteiger partial charge in [-0.3, -0.25) is 9.59 Å². The maximum atomic E-state index is 11.8. The first-order valence-electron chi connectivity index (χ1n) is 6.31. The van der Waals surface area contributed by atoms with Crippen LogP contribution in [0.5, 0.6) is 0 Å². The first-order chi connectivity index (χ1) is 9.74. The SMILES string of the molecule is C[C@@]1(C(=O)OCC(=O)NCc2ccc(Cl)cc2)CC1(Cl)Cl. The van der Waals surface area contributed by atoms with Crippen LogP contribution >= 0.6 is 34.8 Å². The lowest BCUT2D eigenvalue weighted by Crippen LogP contribution is -2.31. The molecule has 4 nitrogen and oxygen atoms in total. The van der Waals surface area contributed by atoms with E-state index in [-0.39, 0.29) is 6.61 Å². The summed E-state index contributed by atoms with van der Waals surface area (Å²) in [5, 5.41) is 3.27. The highest BCUT2D eigenvalue weighted by molar-refractivity contribution is 6.53. The molecule has 7 heteroatoms. The van der Waals surface area contributed by atoms with Gasteiger partial charge in [0.05, 0.1) is 0 Å². The quantitative estimate of drug-likeness (QED) is 0.656. The fourth-order valence-electron chi connectivity index (χ4n) is 1.77. The molecule has 1 aromatic carbocycles. The third kappa shape index (κ3) is 3.82. The van der Waals surface area contributed by atoms with Crippen LogP contribution in [0.3, 0.4) is 0 Å². The number of nitrogens with one attached hydrogen (secondary N) is 1. The minimum Gasteiger partial charge on any atom is -0.455 e. The van der Waals surface area contributed by atoms with Crippen molar-refractivity contribution in [3.63, 3.8) is 0 Å². The highest BCUT2D eigenvalue weighted by Crippen LogP contribution is 2.64. The van der Waals surface area contributed by atoms with E-state index in [0.717, 1.165) is 5.56 Å². The Bertz CT molecular complexity index is 559. The zero-order valence-corrected chi connectivity index (χ0v) is 13.6. The molecule has 0 aromatic heterocycles. The Balaban J connectivity index is 1.73. The van der Waals surface area contributed by atoms with Gasteiger partial charge in [0.2, 0.25) is 0 Å². The van der Waals surface area contributed by atoms with Crippen molar-refractivity contribution in [3.8, 4) is 0 Å². The number of esters is 1. The average molecular weight is 351 g/mol. The van der Waals surface area contributed by atoms with Crippen molar-refractivity contribution < 1.29 is 14.3 Å². The Morgan fingerprint density at radius 2 is 1.86 bits per heavy atom. The van der Waals surface area contributed by atoms with E-state index in [1.54, 1.807) is 31.2 Å². The summed E-state index contributed by atoms with van der Waals surface area (Å²) in [5.41, 5.74) is -0.0270. The molecular formula is C14H14Cl3NO3. The number of halogens is 3. The van der Waals surface area contributed by atoms with Crippen LogP contribution in [0.4, 0.5) is 0 Å². The molecule has 1 aliphatic rings. The number of rotatable bonds is 5. The molecule has 0 aliphatic heterocycles. The molecule has 1 aromatic rings. The van der Waals surface area contributed by atoms with Crippen molar-refractivity contribution in [3.05, 3.63) is 34.9 Å². The van der Waals surface area contributed by atoms with Crippen molar-refractivity contribution in [2.24, 2.45) is 5.41 Å². The summed E-state index contributed by atoms with van der Waals surface area (Å²) < 4.78 is 3.84. The molecule has 0 unspecified atom stereocenters. The smallest absolute Gasteiger partial charge is 0.315 e. The standard InChI is InChI=1S/C14H14Cl3NO3/c1-13(8-14(13,16)17)12(20)21-7-11(19)18-6-9-2-4-10(15)5-3-9/h2-5H,6-8H2,1H3,(H,18,19)/t13-/m0/s1. The fourth-order valence-corrected chi connectivity index (χ4v) is 2.58. The second-order valence-corrected chi connectivity index (χ2v) is 7.11. The van der Waals surface area contributed by atoms with Gasteiger partial charge in [-0.05, 0) is 24.6 Å². The minimum atomic E-state index is -1.09. The van der Waals surface area contributed by atoms with Crippen molar-refractivity contribution in [2.45, 2.75) is 24.2 Å². The lowest BCUT2D eigenvalue weighted by atomic mass is 10.1. The Kier molecular flexibility index (Phi) is 4.71. The first-order valence-corrected chi connectivity index (χ1v) is 7.44. The number of carbonyl (C=O) groups is 2. The largest absolute Gasteiger partial charge is 0.455 e. The van der Waals surface area contributed by atoms with Crippen LogP contribution in [0, 0.1) is 5.41 Å². The number of carbonyl (C=O) groups excluding carboxylic acids is 2. The zero-order valence-electron chi connectivity index (χ0n) is 11.3. The van der Waals surface area contributed by atoms with Gasteiger partial charge in [-0.15, -0.1) is 23.2 Å². The summed E-state index contributed by atoms with van der Waals surface area (Å²) in [6.45, 7) is 1.59. The molecule has 1 aliphatic carbocycles. The molecule has 0 bridgehead atoms. The summed E-state index contributed by atoms with van der Waals surface area (Å²) in [7, 11) is 0. The van der Waals surface area contributed by atoms with Gasteiger partial charge < -0.3 is 10.1 Å². The molecule has 1 saturated carbocycles. The summed E-state index contributed by atoms with van der Waals surface area (Å²) >= 11 is 17.5. The molecule has 0 radical (unpaired) electrons. The van der Waals surface area contributed by atoms with Gasteiger partial charge in [-0.25, -0.2) is 0 Å². The first kappa shape index (κ1) is 16.4. The Hall–Kier alpha value is -0.970. The molecule has 1 N–H and O–H groups in total. The summed E-state index contributed by atoms with van der Waals surface area (Å²) in [6, 6.07) is 7.07. The zero-order chi connectivity index (χ0) is 15.7. The van der Waals surface area contributed by atoms with Crippen LogP contribution in [0.1, 0.15) is 18.9 Å². The Morgan fingerprint density at radius 1 is 1.29 bits per heavy atom. The predicted octanol–water partition coefficient (Wildman–Crippen LogP) is 3.08. The van der Waals surface area contributed by atoms with Crippen molar-refractivity contribution in [2.75, 3.05) is 6.61 Å². The molecular weight excluding hydrogens is 337 g/mol. The summed E-state index contributed by atoms with van der Waals surface area (Å²) in [5.74, 6) is -0.952. The van der Waals surface area contributed by atoms with Crippen LogP contribution in [0.15, 0.2) is 24.3 Å². The van der Waals surface area contributed by atoms with Gasteiger partial charge in [-0.2, -0.15) is 0 Å². The molecule has 21 heavy (non-hydrogen) atoms.